The minimum Gasteiger partial charge on any atom is -0.474 e. The lowest BCUT2D eigenvalue weighted by atomic mass is 9.91. The summed E-state index contributed by atoms with van der Waals surface area (Å²) in [6.07, 6.45) is 6.78. The summed E-state index contributed by atoms with van der Waals surface area (Å²) in [4.78, 5) is 11.0. The van der Waals surface area contributed by atoms with Crippen LogP contribution in [0.1, 0.15) is 31.2 Å². The summed E-state index contributed by atoms with van der Waals surface area (Å²) >= 11 is 0. The van der Waals surface area contributed by atoms with Crippen LogP contribution in [0.5, 0.6) is 5.88 Å². The van der Waals surface area contributed by atoms with Crippen molar-refractivity contribution < 1.29 is 13.2 Å². The van der Waals surface area contributed by atoms with Crippen LogP contribution in [0, 0.1) is 11.3 Å². The Bertz CT molecular complexity index is 1020. The first-order chi connectivity index (χ1) is 13.9. The largest absolute Gasteiger partial charge is 0.474 e. The summed E-state index contributed by atoms with van der Waals surface area (Å²) in [5.41, 5.74) is 1.33. The van der Waals surface area contributed by atoms with Gasteiger partial charge in [0.2, 0.25) is 15.9 Å². The van der Waals surface area contributed by atoms with Gasteiger partial charge in [-0.3, -0.25) is 4.90 Å². The number of sulfonamides is 1. The maximum atomic E-state index is 11.7. The van der Waals surface area contributed by atoms with Crippen molar-refractivity contribution in [1.29, 1.82) is 5.26 Å². The molecule has 2 fully saturated rings. The van der Waals surface area contributed by atoms with Gasteiger partial charge in [0.25, 0.3) is 0 Å². The lowest BCUT2D eigenvalue weighted by Crippen LogP contribution is -2.52. The molecule has 0 spiro atoms. The quantitative estimate of drug-likeness (QED) is 0.750. The van der Waals surface area contributed by atoms with Crippen molar-refractivity contribution >= 4 is 20.9 Å². The van der Waals surface area contributed by atoms with Crippen molar-refractivity contribution in [3.05, 3.63) is 30.1 Å². The highest BCUT2D eigenvalue weighted by molar-refractivity contribution is 7.88. The number of ether oxygens (including phenoxy) is 1. The van der Waals surface area contributed by atoms with Crippen molar-refractivity contribution in [2.75, 3.05) is 32.4 Å². The maximum Gasteiger partial charge on any atom is 0.224 e. The molecule has 2 aliphatic rings. The fourth-order valence-corrected chi connectivity index (χ4v) is 5.11. The zero-order valence-corrected chi connectivity index (χ0v) is 17.3. The van der Waals surface area contributed by atoms with Crippen molar-refractivity contribution in [1.82, 2.24) is 19.2 Å². The Morgan fingerprint density at radius 2 is 1.83 bits per heavy atom. The van der Waals surface area contributed by atoms with Gasteiger partial charge in [-0.1, -0.05) is 0 Å². The van der Waals surface area contributed by atoms with Crippen LogP contribution in [-0.4, -0.2) is 72.2 Å². The van der Waals surface area contributed by atoms with E-state index in [9.17, 15) is 8.42 Å². The molecule has 1 aliphatic heterocycles. The number of piperazine rings is 1. The van der Waals surface area contributed by atoms with E-state index in [1.165, 1.54) is 12.6 Å². The highest BCUT2D eigenvalue weighted by Crippen LogP contribution is 2.30. The number of aromatic nitrogens is 2. The second-order valence-electron chi connectivity index (χ2n) is 7.77. The summed E-state index contributed by atoms with van der Waals surface area (Å²) in [5, 5.41) is 9.92. The van der Waals surface area contributed by atoms with E-state index in [0.29, 0.717) is 30.6 Å². The molecule has 154 valence electrons. The van der Waals surface area contributed by atoms with Crippen LogP contribution in [0.15, 0.2) is 24.5 Å². The molecule has 1 aliphatic carbocycles. The topological polar surface area (TPSA) is 99.4 Å². The molecule has 1 aromatic carbocycles. The molecule has 0 radical (unpaired) electrons. The Hall–Kier alpha value is -2.28. The minimum atomic E-state index is -3.09. The first-order valence-corrected chi connectivity index (χ1v) is 11.8. The fourth-order valence-electron chi connectivity index (χ4n) is 4.28. The molecular formula is C20H25N5O3S. The lowest BCUT2D eigenvalue weighted by molar-refractivity contribution is 0.0677. The SMILES string of the molecule is CS(=O)(=O)N1CCN(C2CCC(Oc3ncnc4ccc(C#N)cc34)CC2)CC1. The summed E-state index contributed by atoms with van der Waals surface area (Å²) in [6, 6.07) is 7.96. The normalized spacial score (nSPS) is 24.3. The first kappa shape index (κ1) is 20.0. The molecule has 0 N–H and O–H groups in total. The average Bonchev–Trinajstić information content (AvgIpc) is 2.74. The molecule has 4 rings (SSSR count). The van der Waals surface area contributed by atoms with Crippen LogP contribution >= 0.6 is 0 Å². The molecule has 1 saturated heterocycles. The van der Waals surface area contributed by atoms with Gasteiger partial charge in [-0.15, -0.1) is 0 Å². The zero-order chi connectivity index (χ0) is 20.4. The fraction of sp³-hybridized carbons (Fsp3) is 0.550. The monoisotopic (exact) mass is 415 g/mol. The second kappa shape index (κ2) is 8.22. The predicted molar refractivity (Wildman–Crippen MR) is 109 cm³/mol. The Labute approximate surface area is 171 Å². The first-order valence-electron chi connectivity index (χ1n) is 9.95. The third kappa shape index (κ3) is 4.50. The van der Waals surface area contributed by atoms with Crippen LogP contribution in [0.25, 0.3) is 10.9 Å². The highest BCUT2D eigenvalue weighted by atomic mass is 32.2. The van der Waals surface area contributed by atoms with Crippen LogP contribution in [0.3, 0.4) is 0 Å². The van der Waals surface area contributed by atoms with Gasteiger partial charge in [-0.05, 0) is 43.9 Å². The van der Waals surface area contributed by atoms with E-state index < -0.39 is 10.0 Å². The Balaban J connectivity index is 1.35. The van der Waals surface area contributed by atoms with Crippen molar-refractivity contribution in [2.45, 2.75) is 37.8 Å². The molecule has 0 bridgehead atoms. The average molecular weight is 416 g/mol. The molecule has 0 atom stereocenters. The van der Waals surface area contributed by atoms with Crippen LogP contribution in [-0.2, 0) is 10.0 Å². The summed E-state index contributed by atoms with van der Waals surface area (Å²) in [6.45, 7) is 2.72. The number of benzene rings is 1. The minimum absolute atomic E-state index is 0.0902. The van der Waals surface area contributed by atoms with E-state index in [4.69, 9.17) is 10.00 Å². The molecule has 0 unspecified atom stereocenters. The van der Waals surface area contributed by atoms with Gasteiger partial charge in [0.1, 0.15) is 12.4 Å². The molecule has 8 nitrogen and oxygen atoms in total. The predicted octanol–water partition coefficient (Wildman–Crippen LogP) is 1.77. The van der Waals surface area contributed by atoms with E-state index in [1.807, 2.05) is 6.07 Å². The van der Waals surface area contributed by atoms with Gasteiger partial charge < -0.3 is 4.74 Å². The van der Waals surface area contributed by atoms with E-state index >= 15 is 0 Å². The van der Waals surface area contributed by atoms with Gasteiger partial charge in [0.15, 0.2) is 0 Å². The van der Waals surface area contributed by atoms with E-state index in [-0.39, 0.29) is 6.10 Å². The summed E-state index contributed by atoms with van der Waals surface area (Å²) in [7, 11) is -3.09. The molecule has 2 aromatic rings. The van der Waals surface area contributed by atoms with Gasteiger partial charge in [-0.25, -0.2) is 18.4 Å². The molecule has 1 aromatic heterocycles. The number of hydrogen-bond acceptors (Lipinski definition) is 7. The molecule has 2 heterocycles. The zero-order valence-electron chi connectivity index (χ0n) is 16.5. The second-order valence-corrected chi connectivity index (χ2v) is 9.75. The smallest absolute Gasteiger partial charge is 0.224 e. The molecule has 29 heavy (non-hydrogen) atoms. The number of nitrogens with zero attached hydrogens (tertiary/aromatic N) is 5. The van der Waals surface area contributed by atoms with Crippen molar-refractivity contribution in [2.24, 2.45) is 0 Å². The van der Waals surface area contributed by atoms with Crippen LogP contribution < -0.4 is 4.74 Å². The third-order valence-electron chi connectivity index (χ3n) is 5.91. The Kier molecular flexibility index (Phi) is 5.67. The van der Waals surface area contributed by atoms with E-state index in [1.54, 1.807) is 16.4 Å². The van der Waals surface area contributed by atoms with E-state index in [0.717, 1.165) is 49.7 Å². The van der Waals surface area contributed by atoms with Crippen molar-refractivity contribution in [3.63, 3.8) is 0 Å². The number of rotatable bonds is 4. The van der Waals surface area contributed by atoms with Crippen LogP contribution in [0.2, 0.25) is 0 Å². The molecule has 9 heteroatoms. The molecular weight excluding hydrogens is 390 g/mol. The Morgan fingerprint density at radius 3 is 2.48 bits per heavy atom. The van der Waals surface area contributed by atoms with Gasteiger partial charge in [0, 0.05) is 32.2 Å². The summed E-state index contributed by atoms with van der Waals surface area (Å²) in [5.74, 6) is 0.539. The Morgan fingerprint density at radius 1 is 1.10 bits per heavy atom. The standard InChI is InChI=1S/C20H25N5O3S/c1-29(26,27)25-10-8-24(9-11-25)16-3-5-17(6-4-16)28-20-18-12-15(13-21)2-7-19(18)22-14-23-20/h2,7,12,14,16-17H,3-6,8-11H2,1H3. The van der Waals surface area contributed by atoms with Crippen LogP contribution in [0.4, 0.5) is 0 Å². The molecule has 1 saturated carbocycles. The molecule has 0 amide bonds. The maximum absolute atomic E-state index is 11.7. The number of hydrogen-bond donors (Lipinski definition) is 0. The van der Waals surface area contributed by atoms with Gasteiger partial charge in [0.05, 0.1) is 28.8 Å². The van der Waals surface area contributed by atoms with Crippen molar-refractivity contribution in [3.8, 4) is 11.9 Å². The lowest BCUT2D eigenvalue weighted by Gasteiger charge is -2.41. The van der Waals surface area contributed by atoms with Gasteiger partial charge >= 0.3 is 0 Å². The number of fused-ring (bicyclic) bond motifs is 1. The van der Waals surface area contributed by atoms with E-state index in [2.05, 4.69) is 20.9 Å². The number of nitriles is 1. The highest BCUT2D eigenvalue weighted by Gasteiger charge is 2.31. The summed E-state index contributed by atoms with van der Waals surface area (Å²) < 4.78 is 31.1. The third-order valence-corrected chi connectivity index (χ3v) is 7.21. The van der Waals surface area contributed by atoms with Gasteiger partial charge in [-0.2, -0.15) is 9.57 Å².